The van der Waals surface area contributed by atoms with Crippen LogP contribution >= 0.6 is 0 Å². The first kappa shape index (κ1) is 10.8. The molecule has 0 amide bonds. The van der Waals surface area contributed by atoms with Crippen LogP contribution in [0.1, 0.15) is 34.2 Å². The summed E-state index contributed by atoms with van der Waals surface area (Å²) >= 11 is 0. The number of carbonyl (C=O) groups is 1. The van der Waals surface area contributed by atoms with Crippen molar-refractivity contribution in [3.05, 3.63) is 17.1 Å². The number of ether oxygens (including phenoxy) is 1. The number of carboxylic acids is 1. The maximum atomic E-state index is 10.9. The quantitative estimate of drug-likeness (QED) is 0.760. The van der Waals surface area contributed by atoms with Crippen LogP contribution in [0.4, 0.5) is 5.82 Å². The molecule has 0 bridgehead atoms. The van der Waals surface area contributed by atoms with E-state index in [4.69, 9.17) is 15.6 Å². The second kappa shape index (κ2) is 4.05. The first-order valence-electron chi connectivity index (χ1n) is 5.04. The van der Waals surface area contributed by atoms with E-state index in [1.54, 1.807) is 6.92 Å². The van der Waals surface area contributed by atoms with Gasteiger partial charge in [0.15, 0.2) is 0 Å². The maximum absolute atomic E-state index is 10.9. The number of hydrogen-bond acceptors (Lipinski definition) is 5. The molecule has 0 spiro atoms. The van der Waals surface area contributed by atoms with Crippen molar-refractivity contribution in [3.8, 4) is 0 Å². The standard InChI is InChI=1S/C10H13N3O3/c1-5-7(10(14)15)8(11)13-9(12-5)6-2-3-16-4-6/h6H,2-4H2,1H3,(H,14,15)(H2,11,12,13). The van der Waals surface area contributed by atoms with E-state index in [1.807, 2.05) is 0 Å². The van der Waals surface area contributed by atoms with Crippen LogP contribution in [0.2, 0.25) is 0 Å². The fraction of sp³-hybridized carbons (Fsp3) is 0.500. The molecule has 1 aliphatic heterocycles. The minimum Gasteiger partial charge on any atom is -0.477 e. The molecule has 1 aromatic heterocycles. The summed E-state index contributed by atoms with van der Waals surface area (Å²) < 4.78 is 5.23. The molecule has 2 rings (SSSR count). The number of aryl methyl sites for hydroxylation is 1. The van der Waals surface area contributed by atoms with Gasteiger partial charge in [0.1, 0.15) is 17.2 Å². The van der Waals surface area contributed by atoms with Crippen molar-refractivity contribution < 1.29 is 14.6 Å². The fourth-order valence-corrected chi connectivity index (χ4v) is 1.80. The number of nitrogen functional groups attached to an aromatic ring is 1. The average molecular weight is 223 g/mol. The Morgan fingerprint density at radius 1 is 1.56 bits per heavy atom. The van der Waals surface area contributed by atoms with E-state index in [0.29, 0.717) is 24.7 Å². The summed E-state index contributed by atoms with van der Waals surface area (Å²) in [5, 5.41) is 8.92. The highest BCUT2D eigenvalue weighted by atomic mass is 16.5. The molecule has 1 aliphatic rings. The minimum atomic E-state index is -1.09. The van der Waals surface area contributed by atoms with Crippen molar-refractivity contribution in [3.63, 3.8) is 0 Å². The molecule has 1 saturated heterocycles. The van der Waals surface area contributed by atoms with Crippen LogP contribution in [0.3, 0.4) is 0 Å². The zero-order valence-electron chi connectivity index (χ0n) is 8.93. The Morgan fingerprint density at radius 3 is 2.81 bits per heavy atom. The fourth-order valence-electron chi connectivity index (χ4n) is 1.80. The second-order valence-corrected chi connectivity index (χ2v) is 3.79. The summed E-state index contributed by atoms with van der Waals surface area (Å²) in [5.41, 5.74) is 6.01. The Kier molecular flexibility index (Phi) is 2.74. The van der Waals surface area contributed by atoms with E-state index in [-0.39, 0.29) is 17.3 Å². The van der Waals surface area contributed by atoms with Crippen LogP contribution in [0, 0.1) is 6.92 Å². The van der Waals surface area contributed by atoms with Crippen LogP contribution in [-0.4, -0.2) is 34.3 Å². The van der Waals surface area contributed by atoms with Crippen LogP contribution in [0.15, 0.2) is 0 Å². The number of nitrogens with two attached hydrogens (primary N) is 1. The molecule has 86 valence electrons. The number of anilines is 1. The van der Waals surface area contributed by atoms with Crippen LogP contribution in [-0.2, 0) is 4.74 Å². The van der Waals surface area contributed by atoms with Gasteiger partial charge in [-0.25, -0.2) is 14.8 Å². The molecule has 0 aromatic carbocycles. The van der Waals surface area contributed by atoms with Crippen molar-refractivity contribution in [2.45, 2.75) is 19.3 Å². The van der Waals surface area contributed by atoms with E-state index in [1.165, 1.54) is 0 Å². The smallest absolute Gasteiger partial charge is 0.341 e. The molecule has 0 aliphatic carbocycles. The monoisotopic (exact) mass is 223 g/mol. The van der Waals surface area contributed by atoms with E-state index in [0.717, 1.165) is 6.42 Å². The molecule has 2 heterocycles. The van der Waals surface area contributed by atoms with E-state index in [2.05, 4.69) is 9.97 Å². The molecule has 16 heavy (non-hydrogen) atoms. The Bertz CT molecular complexity index is 404. The molecule has 1 atom stereocenters. The van der Waals surface area contributed by atoms with Crippen molar-refractivity contribution >= 4 is 11.8 Å². The third-order valence-corrected chi connectivity index (χ3v) is 2.64. The minimum absolute atomic E-state index is 0.0114. The summed E-state index contributed by atoms with van der Waals surface area (Å²) in [5.74, 6) is -0.354. The number of aromatic carboxylic acids is 1. The van der Waals surface area contributed by atoms with Gasteiger partial charge in [0.2, 0.25) is 0 Å². The first-order valence-corrected chi connectivity index (χ1v) is 5.04. The molecule has 0 saturated carbocycles. The van der Waals surface area contributed by atoms with E-state index < -0.39 is 5.97 Å². The third kappa shape index (κ3) is 1.83. The van der Waals surface area contributed by atoms with Crippen molar-refractivity contribution in [2.75, 3.05) is 18.9 Å². The van der Waals surface area contributed by atoms with Crippen molar-refractivity contribution in [2.24, 2.45) is 0 Å². The summed E-state index contributed by atoms with van der Waals surface area (Å²) in [6, 6.07) is 0. The summed E-state index contributed by atoms with van der Waals surface area (Å²) in [6.45, 7) is 2.89. The lowest BCUT2D eigenvalue weighted by atomic mass is 10.1. The predicted molar refractivity (Wildman–Crippen MR) is 56.3 cm³/mol. The van der Waals surface area contributed by atoms with Gasteiger partial charge in [-0.3, -0.25) is 0 Å². The Labute approximate surface area is 92.5 Å². The van der Waals surface area contributed by atoms with Gasteiger partial charge in [0, 0.05) is 12.5 Å². The topological polar surface area (TPSA) is 98.3 Å². The van der Waals surface area contributed by atoms with Gasteiger partial charge < -0.3 is 15.6 Å². The number of carboxylic acid groups (broad SMARTS) is 1. The molecular formula is C10H13N3O3. The zero-order chi connectivity index (χ0) is 11.7. The van der Waals surface area contributed by atoms with Crippen molar-refractivity contribution in [1.29, 1.82) is 0 Å². The van der Waals surface area contributed by atoms with Gasteiger partial charge in [-0.15, -0.1) is 0 Å². The highest BCUT2D eigenvalue weighted by molar-refractivity contribution is 5.93. The Hall–Kier alpha value is -1.69. The number of aromatic nitrogens is 2. The van der Waals surface area contributed by atoms with E-state index in [9.17, 15) is 4.79 Å². The first-order chi connectivity index (χ1) is 7.59. The molecule has 1 unspecified atom stereocenters. The number of rotatable bonds is 2. The largest absolute Gasteiger partial charge is 0.477 e. The highest BCUT2D eigenvalue weighted by Crippen LogP contribution is 2.24. The molecule has 6 heteroatoms. The van der Waals surface area contributed by atoms with Gasteiger partial charge in [-0.2, -0.15) is 0 Å². The molecular weight excluding hydrogens is 210 g/mol. The molecule has 1 aromatic rings. The van der Waals surface area contributed by atoms with E-state index >= 15 is 0 Å². The van der Waals surface area contributed by atoms with Gasteiger partial charge in [-0.05, 0) is 13.3 Å². The van der Waals surface area contributed by atoms with Gasteiger partial charge in [0.25, 0.3) is 0 Å². The van der Waals surface area contributed by atoms with Crippen LogP contribution < -0.4 is 5.73 Å². The average Bonchev–Trinajstić information content (AvgIpc) is 2.67. The zero-order valence-corrected chi connectivity index (χ0v) is 8.93. The predicted octanol–water partition coefficient (Wildman–Crippen LogP) is 0.569. The highest BCUT2D eigenvalue weighted by Gasteiger charge is 2.23. The lowest BCUT2D eigenvalue weighted by molar-refractivity contribution is 0.0696. The van der Waals surface area contributed by atoms with Crippen molar-refractivity contribution in [1.82, 2.24) is 9.97 Å². The van der Waals surface area contributed by atoms with Crippen LogP contribution in [0.25, 0.3) is 0 Å². The Balaban J connectivity index is 2.40. The second-order valence-electron chi connectivity index (χ2n) is 3.79. The Morgan fingerprint density at radius 2 is 2.31 bits per heavy atom. The summed E-state index contributed by atoms with van der Waals surface area (Å²) in [7, 11) is 0. The SMILES string of the molecule is Cc1nc(C2CCOC2)nc(N)c1C(=O)O. The van der Waals surface area contributed by atoms with Gasteiger partial charge in [0.05, 0.1) is 12.3 Å². The molecule has 0 radical (unpaired) electrons. The lowest BCUT2D eigenvalue weighted by Gasteiger charge is -2.10. The van der Waals surface area contributed by atoms with Crippen LogP contribution in [0.5, 0.6) is 0 Å². The van der Waals surface area contributed by atoms with Gasteiger partial charge in [-0.1, -0.05) is 0 Å². The van der Waals surface area contributed by atoms with Gasteiger partial charge >= 0.3 is 5.97 Å². The summed E-state index contributed by atoms with van der Waals surface area (Å²) in [4.78, 5) is 19.1. The number of nitrogens with zero attached hydrogens (tertiary/aromatic N) is 2. The molecule has 1 fully saturated rings. The molecule has 6 nitrogen and oxygen atoms in total. The normalized spacial score (nSPS) is 19.9. The summed E-state index contributed by atoms with van der Waals surface area (Å²) in [6.07, 6.45) is 0.852. The number of hydrogen-bond donors (Lipinski definition) is 2. The maximum Gasteiger partial charge on any atom is 0.341 e. The molecule has 3 N–H and O–H groups in total. The third-order valence-electron chi connectivity index (χ3n) is 2.64. The lowest BCUT2D eigenvalue weighted by Crippen LogP contribution is -2.14.